The van der Waals surface area contributed by atoms with Gasteiger partial charge >= 0.3 is 6.03 Å². The average Bonchev–Trinajstić information content (AvgIpc) is 3.02. The molecule has 1 aromatic heterocycles. The largest absolute Gasteiger partial charge is 0.369 e. The predicted octanol–water partition coefficient (Wildman–Crippen LogP) is 3.73. The van der Waals surface area contributed by atoms with E-state index in [0.29, 0.717) is 16.3 Å². The average molecular weight is 463 g/mol. The number of urea groups is 1. The van der Waals surface area contributed by atoms with Crippen molar-refractivity contribution in [2.24, 2.45) is 10.7 Å². The first-order chi connectivity index (χ1) is 15.8. The van der Waals surface area contributed by atoms with E-state index in [9.17, 15) is 9.59 Å². The van der Waals surface area contributed by atoms with Crippen molar-refractivity contribution < 1.29 is 9.59 Å². The Hall–Kier alpha value is -3.91. The topological polar surface area (TPSA) is 113 Å². The molecule has 1 unspecified atom stereocenters. The second-order valence-electron chi connectivity index (χ2n) is 7.84. The summed E-state index contributed by atoms with van der Waals surface area (Å²) < 4.78 is 0. The molecule has 4 rings (SSSR count). The minimum Gasteiger partial charge on any atom is -0.369 e. The highest BCUT2D eigenvalue weighted by atomic mass is 35.5. The molecular formula is C24H23ClN6O2. The fraction of sp³-hybridized carbons (Fsp3) is 0.167. The van der Waals surface area contributed by atoms with Crippen molar-refractivity contribution in [2.75, 3.05) is 12.4 Å². The lowest BCUT2D eigenvalue weighted by Crippen LogP contribution is -2.38. The molecule has 0 spiro atoms. The summed E-state index contributed by atoms with van der Waals surface area (Å²) in [6.45, 7) is 2.01. The van der Waals surface area contributed by atoms with Crippen molar-refractivity contribution in [3.8, 4) is 11.1 Å². The van der Waals surface area contributed by atoms with E-state index in [4.69, 9.17) is 17.3 Å². The van der Waals surface area contributed by atoms with Crippen LogP contribution in [0.5, 0.6) is 0 Å². The second kappa shape index (κ2) is 8.91. The first kappa shape index (κ1) is 22.3. The van der Waals surface area contributed by atoms with Crippen LogP contribution in [-0.4, -0.2) is 34.8 Å². The molecule has 168 valence electrons. The molecule has 2 aromatic carbocycles. The molecule has 9 heteroatoms. The normalized spacial score (nSPS) is 17.6. The number of guanidine groups is 1. The first-order valence-electron chi connectivity index (χ1n) is 10.3. The molecule has 1 aliphatic heterocycles. The highest BCUT2D eigenvalue weighted by Gasteiger charge is 2.43. The SMILES string of the molecule is CN1C(=O)C(C)(c2cccc(-c3cc(Cl)ccc3CNC(=O)Nc3cccnc3)c2)N=C1N. The molecule has 33 heavy (non-hydrogen) atoms. The fourth-order valence-electron chi connectivity index (χ4n) is 3.72. The van der Waals surface area contributed by atoms with Crippen LogP contribution in [0.15, 0.2) is 72.0 Å². The van der Waals surface area contributed by atoms with E-state index in [1.54, 1.807) is 44.6 Å². The van der Waals surface area contributed by atoms with Crippen LogP contribution in [0.25, 0.3) is 11.1 Å². The van der Waals surface area contributed by atoms with Crippen molar-refractivity contribution in [3.63, 3.8) is 0 Å². The summed E-state index contributed by atoms with van der Waals surface area (Å²) in [7, 11) is 1.60. The molecule has 1 aliphatic rings. The zero-order chi connectivity index (χ0) is 23.6. The number of likely N-dealkylation sites (N-methyl/N-ethyl adjacent to an activating group) is 1. The number of carbonyl (C=O) groups is 2. The number of aromatic nitrogens is 1. The van der Waals surface area contributed by atoms with E-state index in [2.05, 4.69) is 20.6 Å². The van der Waals surface area contributed by atoms with Gasteiger partial charge in [-0.25, -0.2) is 9.79 Å². The molecule has 4 N–H and O–H groups in total. The van der Waals surface area contributed by atoms with Gasteiger partial charge in [-0.3, -0.25) is 14.7 Å². The van der Waals surface area contributed by atoms with Crippen LogP contribution >= 0.6 is 11.6 Å². The van der Waals surface area contributed by atoms with Crippen LogP contribution in [-0.2, 0) is 16.9 Å². The molecule has 3 aromatic rings. The van der Waals surface area contributed by atoms with Crippen LogP contribution in [0, 0.1) is 0 Å². The Morgan fingerprint density at radius 3 is 2.70 bits per heavy atom. The quantitative estimate of drug-likeness (QED) is 0.536. The lowest BCUT2D eigenvalue weighted by Gasteiger charge is -2.21. The summed E-state index contributed by atoms with van der Waals surface area (Å²) >= 11 is 6.29. The molecule has 1 atom stereocenters. The van der Waals surface area contributed by atoms with Gasteiger partial charge in [0.15, 0.2) is 11.5 Å². The van der Waals surface area contributed by atoms with E-state index in [-0.39, 0.29) is 24.4 Å². The third-order valence-corrected chi connectivity index (χ3v) is 5.80. The Morgan fingerprint density at radius 1 is 1.18 bits per heavy atom. The number of halogens is 1. The Balaban J connectivity index is 1.60. The van der Waals surface area contributed by atoms with Gasteiger partial charge in [-0.15, -0.1) is 0 Å². The summed E-state index contributed by atoms with van der Waals surface area (Å²) in [6, 6.07) is 16.1. The van der Waals surface area contributed by atoms with Crippen LogP contribution in [0.4, 0.5) is 10.5 Å². The van der Waals surface area contributed by atoms with Gasteiger partial charge in [-0.05, 0) is 59.5 Å². The smallest absolute Gasteiger partial charge is 0.319 e. The number of carbonyl (C=O) groups excluding carboxylic acids is 2. The van der Waals surface area contributed by atoms with Crippen molar-refractivity contribution >= 4 is 35.2 Å². The van der Waals surface area contributed by atoms with Crippen LogP contribution in [0.3, 0.4) is 0 Å². The monoisotopic (exact) mass is 462 g/mol. The van der Waals surface area contributed by atoms with Gasteiger partial charge in [0.25, 0.3) is 5.91 Å². The Bertz CT molecular complexity index is 1250. The van der Waals surface area contributed by atoms with E-state index >= 15 is 0 Å². The molecule has 0 bridgehead atoms. The molecule has 8 nitrogen and oxygen atoms in total. The molecule has 3 amide bonds. The summed E-state index contributed by atoms with van der Waals surface area (Å²) in [6.07, 6.45) is 3.20. The van der Waals surface area contributed by atoms with Crippen LogP contribution < -0.4 is 16.4 Å². The third kappa shape index (κ3) is 4.51. The van der Waals surface area contributed by atoms with Gasteiger partial charge in [0.1, 0.15) is 0 Å². The maximum atomic E-state index is 12.8. The van der Waals surface area contributed by atoms with E-state index in [0.717, 1.165) is 16.7 Å². The minimum atomic E-state index is -1.10. The fourth-order valence-corrected chi connectivity index (χ4v) is 3.89. The molecule has 0 aliphatic carbocycles. The number of rotatable bonds is 5. The number of benzene rings is 2. The Labute approximate surface area is 196 Å². The van der Waals surface area contributed by atoms with Crippen molar-refractivity contribution in [1.82, 2.24) is 15.2 Å². The summed E-state index contributed by atoms with van der Waals surface area (Å²) in [5.41, 5.74) is 8.64. The van der Waals surface area contributed by atoms with Gasteiger partial charge in [0.2, 0.25) is 0 Å². The number of nitrogens with two attached hydrogens (primary N) is 1. The van der Waals surface area contributed by atoms with E-state index in [1.807, 2.05) is 36.4 Å². The van der Waals surface area contributed by atoms with Gasteiger partial charge in [-0.1, -0.05) is 35.9 Å². The number of pyridine rings is 1. The van der Waals surface area contributed by atoms with Crippen LogP contribution in [0.2, 0.25) is 5.02 Å². The maximum absolute atomic E-state index is 12.8. The standard InChI is InChI=1S/C24H23ClN6O2/c1-24(21(32)31(2)22(26)30-24)17-6-3-5-15(11-17)20-12-18(25)9-8-16(20)13-28-23(33)29-19-7-4-10-27-14-19/h3-12,14H,13H2,1-2H3,(H2,26,30)(H2,28,29,33). The highest BCUT2D eigenvalue weighted by molar-refractivity contribution is 6.30. The zero-order valence-corrected chi connectivity index (χ0v) is 18.9. The molecule has 0 saturated heterocycles. The highest BCUT2D eigenvalue weighted by Crippen LogP contribution is 2.35. The zero-order valence-electron chi connectivity index (χ0n) is 18.2. The molecule has 0 fully saturated rings. The lowest BCUT2D eigenvalue weighted by molar-refractivity contribution is -0.130. The van der Waals surface area contributed by atoms with Gasteiger partial charge in [0, 0.05) is 24.8 Å². The molecule has 2 heterocycles. The van der Waals surface area contributed by atoms with Crippen LogP contribution in [0.1, 0.15) is 18.1 Å². The second-order valence-corrected chi connectivity index (χ2v) is 8.27. The number of aliphatic imine (C=N–C) groups is 1. The van der Waals surface area contributed by atoms with Gasteiger partial charge in [0.05, 0.1) is 11.9 Å². The van der Waals surface area contributed by atoms with Crippen molar-refractivity contribution in [2.45, 2.75) is 19.0 Å². The van der Waals surface area contributed by atoms with Crippen molar-refractivity contribution in [3.05, 3.63) is 83.1 Å². The third-order valence-electron chi connectivity index (χ3n) is 5.57. The van der Waals surface area contributed by atoms with Gasteiger partial charge in [-0.2, -0.15) is 0 Å². The number of hydrogen-bond donors (Lipinski definition) is 3. The first-order valence-corrected chi connectivity index (χ1v) is 10.6. The van der Waals surface area contributed by atoms with Gasteiger partial charge < -0.3 is 16.4 Å². The summed E-state index contributed by atoms with van der Waals surface area (Å²) in [5.74, 6) is -0.0163. The minimum absolute atomic E-state index is 0.181. The lowest BCUT2D eigenvalue weighted by atomic mass is 9.89. The number of nitrogens with one attached hydrogen (secondary N) is 2. The van der Waals surface area contributed by atoms with E-state index in [1.165, 1.54) is 4.90 Å². The number of anilines is 1. The van der Waals surface area contributed by atoms with Crippen molar-refractivity contribution in [1.29, 1.82) is 0 Å². The molecule has 0 saturated carbocycles. The molecule has 0 radical (unpaired) electrons. The number of nitrogens with zero attached hydrogens (tertiary/aromatic N) is 3. The Morgan fingerprint density at radius 2 is 2.00 bits per heavy atom. The van der Waals surface area contributed by atoms with E-state index < -0.39 is 5.54 Å². The maximum Gasteiger partial charge on any atom is 0.319 e. The summed E-state index contributed by atoms with van der Waals surface area (Å²) in [5, 5.41) is 6.15. The number of hydrogen-bond acceptors (Lipinski definition) is 5. The predicted molar refractivity (Wildman–Crippen MR) is 129 cm³/mol. The Kier molecular flexibility index (Phi) is 6.02. The summed E-state index contributed by atoms with van der Waals surface area (Å²) in [4.78, 5) is 34.8. The molecular weight excluding hydrogens is 440 g/mol. The number of amides is 3.